The predicted octanol–water partition coefficient (Wildman–Crippen LogP) is 5.08. The number of fused-ring (bicyclic) bond motifs is 1. The van der Waals surface area contributed by atoms with Gasteiger partial charge in [0.2, 0.25) is 23.5 Å². The number of pyridine rings is 2. The molecule has 13 heteroatoms. The summed E-state index contributed by atoms with van der Waals surface area (Å²) >= 11 is 9.24. The van der Waals surface area contributed by atoms with Gasteiger partial charge in [0, 0.05) is 24.8 Å². The van der Waals surface area contributed by atoms with Crippen LogP contribution in [0.1, 0.15) is 0 Å². The van der Waals surface area contributed by atoms with E-state index < -0.39 is 0 Å². The summed E-state index contributed by atoms with van der Waals surface area (Å²) in [5.74, 6) is 1.75. The molecule has 0 unspecified atom stereocenters. The average molecular weight is 542 g/mol. The van der Waals surface area contributed by atoms with Crippen molar-refractivity contribution in [2.75, 3.05) is 11.5 Å². The molecule has 11 nitrogen and oxygen atoms in total. The highest BCUT2D eigenvalue weighted by atomic mass is 32.1. The van der Waals surface area contributed by atoms with Crippen LogP contribution in [-0.2, 0) is 0 Å². The lowest BCUT2D eigenvalue weighted by molar-refractivity contribution is 0.440. The van der Waals surface area contributed by atoms with Gasteiger partial charge in [0.05, 0.1) is 43.4 Å². The van der Waals surface area contributed by atoms with Gasteiger partial charge in [0.15, 0.2) is 0 Å². The number of nitrogen functional groups attached to an aromatic ring is 2. The van der Waals surface area contributed by atoms with E-state index in [0.717, 1.165) is 0 Å². The quantitative estimate of drug-likeness (QED) is 0.158. The zero-order valence-corrected chi connectivity index (χ0v) is 21.2. The standard InChI is InChI=1S/C25H19N9O2S2/c26-20-16(14-5-1-3-7-29-14)18(37)24(33-20)35-22-12-9-28-10-13(12)23(32-11-31-22)36-25-19(38)17(21(27)34-25)15-6-2-4-8-30-15/h1-11,33-34,37-38H,26-27H2. The van der Waals surface area contributed by atoms with Crippen molar-refractivity contribution in [2.45, 2.75) is 9.79 Å². The molecule has 0 atom stereocenters. The highest BCUT2D eigenvalue weighted by Crippen LogP contribution is 2.44. The Labute approximate surface area is 226 Å². The predicted molar refractivity (Wildman–Crippen MR) is 148 cm³/mol. The van der Waals surface area contributed by atoms with Gasteiger partial charge >= 0.3 is 0 Å². The Morgan fingerprint density at radius 3 is 1.55 bits per heavy atom. The van der Waals surface area contributed by atoms with E-state index in [-0.39, 0.29) is 11.8 Å². The summed E-state index contributed by atoms with van der Waals surface area (Å²) in [6.07, 6.45) is 7.86. The van der Waals surface area contributed by atoms with Crippen LogP contribution in [0.15, 0.2) is 77.3 Å². The summed E-state index contributed by atoms with van der Waals surface area (Å²) in [5.41, 5.74) is 16.1. The fraction of sp³-hybridized carbons (Fsp3) is 0. The van der Waals surface area contributed by atoms with Gasteiger partial charge in [0.1, 0.15) is 18.0 Å². The molecule has 0 aromatic carbocycles. The molecule has 2 aliphatic heterocycles. The Bertz CT molecular complexity index is 1600. The number of nitrogens with two attached hydrogens (primary N) is 2. The molecule has 0 aliphatic carbocycles. The van der Waals surface area contributed by atoms with E-state index in [2.05, 4.69) is 60.1 Å². The smallest absolute Gasteiger partial charge is 0.232 e. The lowest BCUT2D eigenvalue weighted by Gasteiger charge is -2.07. The zero-order chi connectivity index (χ0) is 26.2. The zero-order valence-electron chi connectivity index (χ0n) is 19.5. The molecule has 0 bridgehead atoms. The van der Waals surface area contributed by atoms with Crippen molar-refractivity contribution in [3.8, 4) is 57.2 Å². The highest BCUT2D eigenvalue weighted by Gasteiger charge is 2.24. The molecule has 6 heterocycles. The first-order valence-corrected chi connectivity index (χ1v) is 12.1. The average Bonchev–Trinajstić information content (AvgIpc) is 3.56. The second-order valence-corrected chi connectivity index (χ2v) is 8.93. The SMILES string of the molecule is Nc1[nH]c(Oc2ncnc(Oc3[nH]c(N)c(-c4ccccn4)c3S)c3cncc2-3)c(S)c1-c1ccccn1. The Morgan fingerprint density at radius 2 is 1.13 bits per heavy atom. The molecule has 0 fully saturated rings. The van der Waals surface area contributed by atoms with E-state index in [9.17, 15) is 0 Å². The first-order chi connectivity index (χ1) is 18.5. The van der Waals surface area contributed by atoms with Crippen LogP contribution in [0.3, 0.4) is 0 Å². The van der Waals surface area contributed by atoms with Crippen molar-refractivity contribution in [3.05, 3.63) is 67.5 Å². The van der Waals surface area contributed by atoms with Gasteiger partial charge in [-0.2, -0.15) is 0 Å². The minimum atomic E-state index is 0.218. The summed E-state index contributed by atoms with van der Waals surface area (Å²) in [7, 11) is 0. The number of anilines is 2. The molecule has 0 amide bonds. The monoisotopic (exact) mass is 541 g/mol. The number of hydrogen-bond donors (Lipinski definition) is 6. The van der Waals surface area contributed by atoms with Crippen molar-refractivity contribution >= 4 is 36.9 Å². The summed E-state index contributed by atoms with van der Waals surface area (Å²) in [5, 5.41) is 0. The molecular formula is C25H19N9O2S2. The third-order valence-corrected chi connectivity index (χ3v) is 6.54. The minimum absolute atomic E-state index is 0.218. The number of nitrogens with zero attached hydrogens (tertiary/aromatic N) is 5. The van der Waals surface area contributed by atoms with Gasteiger partial charge in [-0.15, -0.1) is 25.3 Å². The number of ether oxygens (including phenoxy) is 2. The van der Waals surface area contributed by atoms with E-state index in [1.54, 1.807) is 24.8 Å². The first-order valence-electron chi connectivity index (χ1n) is 11.2. The van der Waals surface area contributed by atoms with E-state index in [4.69, 9.17) is 20.9 Å². The third-order valence-electron chi connectivity index (χ3n) is 5.69. The minimum Gasteiger partial charge on any atom is -0.421 e. The van der Waals surface area contributed by atoms with Crippen LogP contribution in [0.4, 0.5) is 11.6 Å². The summed E-state index contributed by atoms with van der Waals surface area (Å²) < 4.78 is 12.2. The molecule has 0 saturated carbocycles. The Morgan fingerprint density at radius 1 is 0.658 bits per heavy atom. The molecule has 38 heavy (non-hydrogen) atoms. The summed E-state index contributed by atoms with van der Waals surface area (Å²) in [6.45, 7) is 0. The molecule has 0 radical (unpaired) electrons. The van der Waals surface area contributed by atoms with Gasteiger partial charge in [-0.1, -0.05) is 12.1 Å². The molecule has 6 N–H and O–H groups in total. The molecule has 0 spiro atoms. The first kappa shape index (κ1) is 23.6. The van der Waals surface area contributed by atoms with Crippen LogP contribution in [-0.4, -0.2) is 34.9 Å². The molecule has 6 rings (SSSR count). The number of thiol groups is 2. The maximum atomic E-state index is 6.21. The van der Waals surface area contributed by atoms with Crippen molar-refractivity contribution in [2.24, 2.45) is 0 Å². The van der Waals surface area contributed by atoms with Gasteiger partial charge in [0.25, 0.3) is 0 Å². The van der Waals surface area contributed by atoms with Crippen molar-refractivity contribution < 1.29 is 9.47 Å². The van der Waals surface area contributed by atoms with Crippen LogP contribution in [0.25, 0.3) is 33.6 Å². The van der Waals surface area contributed by atoms with Crippen molar-refractivity contribution in [1.82, 2.24) is 34.9 Å². The fourth-order valence-electron chi connectivity index (χ4n) is 3.95. The lowest BCUT2D eigenvalue weighted by Crippen LogP contribution is -1.91. The van der Waals surface area contributed by atoms with Gasteiger partial charge in [-0.05, 0) is 24.3 Å². The third kappa shape index (κ3) is 4.13. The molecule has 2 aliphatic rings. The molecule has 0 saturated heterocycles. The topological polar surface area (TPSA) is 167 Å². The lowest BCUT2D eigenvalue weighted by atomic mass is 10.2. The summed E-state index contributed by atoms with van der Waals surface area (Å²) in [6, 6.07) is 11.0. The second kappa shape index (κ2) is 9.61. The Balaban J connectivity index is 1.33. The number of H-pyrrole nitrogens is 2. The van der Waals surface area contributed by atoms with Crippen LogP contribution >= 0.6 is 25.3 Å². The highest BCUT2D eigenvalue weighted by molar-refractivity contribution is 7.80. The molecule has 188 valence electrons. The fourth-order valence-corrected chi connectivity index (χ4v) is 4.63. The molecular weight excluding hydrogens is 522 g/mol. The van der Waals surface area contributed by atoms with E-state index in [0.29, 0.717) is 66.8 Å². The van der Waals surface area contributed by atoms with Gasteiger partial charge in [-0.3, -0.25) is 15.0 Å². The second-order valence-electron chi connectivity index (χ2n) is 8.04. The van der Waals surface area contributed by atoms with Crippen LogP contribution < -0.4 is 20.9 Å². The number of aromatic amines is 2. The Kier molecular flexibility index (Phi) is 5.98. The number of nitrogens with one attached hydrogen (secondary N) is 2. The van der Waals surface area contributed by atoms with E-state index >= 15 is 0 Å². The van der Waals surface area contributed by atoms with Gasteiger partial charge in [-0.25, -0.2) is 9.97 Å². The maximum Gasteiger partial charge on any atom is 0.232 e. The summed E-state index contributed by atoms with van der Waals surface area (Å²) in [4.78, 5) is 28.6. The van der Waals surface area contributed by atoms with Crippen LogP contribution in [0, 0.1) is 0 Å². The Hall–Kier alpha value is -4.75. The number of aromatic nitrogens is 7. The number of hydrogen-bond acceptors (Lipinski definition) is 11. The van der Waals surface area contributed by atoms with Crippen molar-refractivity contribution in [1.29, 1.82) is 0 Å². The normalized spacial score (nSPS) is 11.1. The van der Waals surface area contributed by atoms with Gasteiger partial charge < -0.3 is 30.9 Å². The maximum absolute atomic E-state index is 6.21. The van der Waals surface area contributed by atoms with E-state index in [1.165, 1.54) is 6.33 Å². The van der Waals surface area contributed by atoms with E-state index in [1.807, 2.05) is 36.4 Å². The van der Waals surface area contributed by atoms with Crippen LogP contribution in [0.2, 0.25) is 0 Å². The van der Waals surface area contributed by atoms with Crippen LogP contribution in [0.5, 0.6) is 23.5 Å². The van der Waals surface area contributed by atoms with Crippen molar-refractivity contribution in [3.63, 3.8) is 0 Å². The molecule has 4 aromatic heterocycles. The molecule has 4 aromatic rings. The largest absolute Gasteiger partial charge is 0.421 e. The number of rotatable bonds is 6.